The third kappa shape index (κ3) is 2.84. The minimum Gasteiger partial charge on any atom is -0.335 e. The molecule has 0 bridgehead atoms. The standard InChI is InChI=1S/C16H18F2N4OS/c17-13(18)14-22-11-2-1-9(3-12(11)24-14)20-15(23)21-10-6-16(7-10)4-8(19)5-16/h1-3,8,10,13H,4-7,19H2,(H2,20,21,23). The maximum Gasteiger partial charge on any atom is 0.319 e. The van der Waals surface area contributed by atoms with Crippen molar-refractivity contribution in [3.8, 4) is 0 Å². The van der Waals surface area contributed by atoms with Gasteiger partial charge < -0.3 is 16.4 Å². The number of carbonyl (C=O) groups is 1. The number of carbonyl (C=O) groups excluding carboxylic acids is 1. The van der Waals surface area contributed by atoms with Gasteiger partial charge in [0.05, 0.1) is 10.2 Å². The van der Waals surface area contributed by atoms with E-state index in [1.165, 1.54) is 0 Å². The quantitative estimate of drug-likeness (QED) is 0.789. The maximum atomic E-state index is 12.7. The van der Waals surface area contributed by atoms with Gasteiger partial charge in [0.15, 0.2) is 5.01 Å². The van der Waals surface area contributed by atoms with E-state index in [-0.39, 0.29) is 17.1 Å². The number of nitrogens with two attached hydrogens (primary N) is 1. The Morgan fingerprint density at radius 3 is 2.75 bits per heavy atom. The number of rotatable bonds is 3. The second-order valence-corrected chi connectivity index (χ2v) is 7.97. The lowest BCUT2D eigenvalue weighted by molar-refractivity contribution is -0.0134. The van der Waals surface area contributed by atoms with E-state index in [9.17, 15) is 13.6 Å². The van der Waals surface area contributed by atoms with Crippen LogP contribution in [0.15, 0.2) is 18.2 Å². The van der Waals surface area contributed by atoms with Crippen LogP contribution in [-0.4, -0.2) is 23.1 Å². The van der Waals surface area contributed by atoms with E-state index in [0.717, 1.165) is 37.0 Å². The largest absolute Gasteiger partial charge is 0.335 e. The number of hydrogen-bond donors (Lipinski definition) is 3. The van der Waals surface area contributed by atoms with Crippen molar-refractivity contribution in [2.45, 2.75) is 44.2 Å². The van der Waals surface area contributed by atoms with Crippen LogP contribution in [0.1, 0.15) is 37.1 Å². The first-order chi connectivity index (χ1) is 11.4. The van der Waals surface area contributed by atoms with Gasteiger partial charge in [-0.05, 0) is 49.3 Å². The Balaban J connectivity index is 1.35. The van der Waals surface area contributed by atoms with Crippen LogP contribution >= 0.6 is 11.3 Å². The Morgan fingerprint density at radius 2 is 2.08 bits per heavy atom. The van der Waals surface area contributed by atoms with E-state index in [1.54, 1.807) is 18.2 Å². The summed E-state index contributed by atoms with van der Waals surface area (Å²) in [6.07, 6.45) is 1.51. The van der Waals surface area contributed by atoms with Gasteiger partial charge in [-0.25, -0.2) is 18.6 Å². The summed E-state index contributed by atoms with van der Waals surface area (Å²) in [5.74, 6) is 0. The molecule has 1 heterocycles. The molecule has 4 N–H and O–H groups in total. The fourth-order valence-corrected chi connectivity index (χ4v) is 4.80. The predicted molar refractivity (Wildman–Crippen MR) is 89.4 cm³/mol. The fraction of sp³-hybridized carbons (Fsp3) is 0.500. The third-order valence-electron chi connectivity index (χ3n) is 4.93. The highest BCUT2D eigenvalue weighted by Gasteiger charge is 2.52. The Bertz CT molecular complexity index is 779. The number of hydrogen-bond acceptors (Lipinski definition) is 4. The molecule has 1 aromatic carbocycles. The number of fused-ring (bicyclic) bond motifs is 1. The van der Waals surface area contributed by atoms with Crippen LogP contribution in [0, 0.1) is 5.41 Å². The molecular formula is C16H18F2N4OS. The molecule has 24 heavy (non-hydrogen) atoms. The van der Waals surface area contributed by atoms with E-state index >= 15 is 0 Å². The van der Waals surface area contributed by atoms with Crippen LogP contribution in [0.2, 0.25) is 0 Å². The molecule has 2 aromatic rings. The number of aromatic nitrogens is 1. The SMILES string of the molecule is NC1CC2(C1)CC(NC(=O)Nc1ccc3nc(C(F)F)sc3c1)C2. The molecule has 1 spiro atoms. The summed E-state index contributed by atoms with van der Waals surface area (Å²) >= 11 is 0.942. The normalized spacial score (nSPS) is 28.7. The summed E-state index contributed by atoms with van der Waals surface area (Å²) in [6, 6.07) is 5.23. The van der Waals surface area contributed by atoms with Gasteiger partial charge in [0, 0.05) is 17.8 Å². The van der Waals surface area contributed by atoms with Crippen LogP contribution in [-0.2, 0) is 0 Å². The molecule has 128 valence electrons. The Hall–Kier alpha value is -1.80. The molecule has 0 unspecified atom stereocenters. The van der Waals surface area contributed by atoms with Crippen molar-refractivity contribution in [2.75, 3.05) is 5.32 Å². The third-order valence-corrected chi connectivity index (χ3v) is 5.96. The summed E-state index contributed by atoms with van der Waals surface area (Å²) in [5, 5.41) is 5.51. The molecule has 2 fully saturated rings. The monoisotopic (exact) mass is 352 g/mol. The van der Waals surface area contributed by atoms with Crippen LogP contribution in [0.3, 0.4) is 0 Å². The van der Waals surface area contributed by atoms with Crippen molar-refractivity contribution in [3.05, 3.63) is 23.2 Å². The highest BCUT2D eigenvalue weighted by Crippen LogP contribution is 2.55. The van der Waals surface area contributed by atoms with E-state index in [1.807, 2.05) is 0 Å². The zero-order valence-electron chi connectivity index (χ0n) is 12.9. The molecule has 4 rings (SSSR count). The molecule has 5 nitrogen and oxygen atoms in total. The number of nitrogens with one attached hydrogen (secondary N) is 2. The zero-order chi connectivity index (χ0) is 16.9. The van der Waals surface area contributed by atoms with Gasteiger partial charge in [-0.3, -0.25) is 0 Å². The van der Waals surface area contributed by atoms with Crippen LogP contribution in [0.25, 0.3) is 10.2 Å². The van der Waals surface area contributed by atoms with Crippen molar-refractivity contribution in [1.82, 2.24) is 10.3 Å². The van der Waals surface area contributed by atoms with Crippen LogP contribution < -0.4 is 16.4 Å². The van der Waals surface area contributed by atoms with Crippen molar-refractivity contribution < 1.29 is 13.6 Å². The molecule has 2 saturated carbocycles. The molecule has 0 atom stereocenters. The summed E-state index contributed by atoms with van der Waals surface area (Å²) in [5.41, 5.74) is 7.28. The number of thiazole rings is 1. The number of nitrogens with zero attached hydrogens (tertiary/aromatic N) is 1. The lowest BCUT2D eigenvalue weighted by Crippen LogP contribution is -2.60. The highest BCUT2D eigenvalue weighted by atomic mass is 32.1. The van der Waals surface area contributed by atoms with Gasteiger partial charge >= 0.3 is 6.03 Å². The molecule has 8 heteroatoms. The minimum atomic E-state index is -2.58. The van der Waals surface area contributed by atoms with Crippen molar-refractivity contribution in [2.24, 2.45) is 11.1 Å². The summed E-state index contributed by atoms with van der Waals surface area (Å²) < 4.78 is 26.0. The van der Waals surface area contributed by atoms with Crippen LogP contribution in [0.4, 0.5) is 19.3 Å². The lowest BCUT2D eigenvalue weighted by Gasteiger charge is -2.56. The Labute approximate surface area is 141 Å². The predicted octanol–water partition coefficient (Wildman–Crippen LogP) is 3.63. The Morgan fingerprint density at radius 1 is 1.33 bits per heavy atom. The molecule has 0 aliphatic heterocycles. The van der Waals surface area contributed by atoms with Gasteiger partial charge in [0.2, 0.25) is 0 Å². The number of halogens is 2. The lowest BCUT2D eigenvalue weighted by atomic mass is 9.52. The van der Waals surface area contributed by atoms with Gasteiger partial charge in [0.1, 0.15) is 0 Å². The smallest absolute Gasteiger partial charge is 0.319 e. The van der Waals surface area contributed by atoms with Crippen molar-refractivity contribution in [3.63, 3.8) is 0 Å². The summed E-state index contributed by atoms with van der Waals surface area (Å²) in [7, 11) is 0. The number of urea groups is 1. The highest BCUT2D eigenvalue weighted by molar-refractivity contribution is 7.18. The fourth-order valence-electron chi connectivity index (χ4n) is 3.94. The number of alkyl halides is 2. The average Bonchev–Trinajstić information content (AvgIpc) is 2.87. The van der Waals surface area contributed by atoms with E-state index in [4.69, 9.17) is 5.73 Å². The molecule has 0 radical (unpaired) electrons. The zero-order valence-corrected chi connectivity index (χ0v) is 13.7. The second kappa shape index (κ2) is 5.63. The first-order valence-corrected chi connectivity index (χ1v) is 8.76. The Kier molecular flexibility index (Phi) is 3.69. The van der Waals surface area contributed by atoms with Gasteiger partial charge in [-0.15, -0.1) is 11.3 Å². The van der Waals surface area contributed by atoms with Gasteiger partial charge in [-0.2, -0.15) is 0 Å². The molecule has 2 aliphatic carbocycles. The number of anilines is 1. The van der Waals surface area contributed by atoms with Crippen LogP contribution in [0.5, 0.6) is 0 Å². The summed E-state index contributed by atoms with van der Waals surface area (Å²) in [4.78, 5) is 15.9. The van der Waals surface area contributed by atoms with Gasteiger partial charge in [0.25, 0.3) is 6.43 Å². The summed E-state index contributed by atoms with van der Waals surface area (Å²) in [6.45, 7) is 0. The first-order valence-electron chi connectivity index (χ1n) is 7.94. The molecule has 2 aliphatic rings. The molecular weight excluding hydrogens is 334 g/mol. The number of benzene rings is 1. The van der Waals surface area contributed by atoms with Crippen molar-refractivity contribution in [1.29, 1.82) is 0 Å². The molecule has 2 amide bonds. The minimum absolute atomic E-state index is 0.190. The maximum absolute atomic E-state index is 12.7. The second-order valence-electron chi connectivity index (χ2n) is 6.91. The molecule has 1 aromatic heterocycles. The topological polar surface area (TPSA) is 80.0 Å². The van der Waals surface area contributed by atoms with E-state index in [2.05, 4.69) is 15.6 Å². The van der Waals surface area contributed by atoms with Crippen molar-refractivity contribution >= 4 is 33.3 Å². The number of amides is 2. The van der Waals surface area contributed by atoms with Gasteiger partial charge in [-0.1, -0.05) is 0 Å². The molecule has 0 saturated heterocycles. The first kappa shape index (κ1) is 15.7. The van der Waals surface area contributed by atoms with E-state index in [0.29, 0.717) is 27.4 Å². The van der Waals surface area contributed by atoms with E-state index < -0.39 is 6.43 Å². The average molecular weight is 352 g/mol.